The van der Waals surface area contributed by atoms with Crippen LogP contribution in [0.3, 0.4) is 0 Å². The first-order chi connectivity index (χ1) is 40.1. The average Bonchev–Trinajstić information content (AvgIpc) is 2.94. The van der Waals surface area contributed by atoms with Crippen LogP contribution in [0.2, 0.25) is 5.32 Å². The summed E-state index contributed by atoms with van der Waals surface area (Å²) >= 11 is -0.524. The van der Waals surface area contributed by atoms with E-state index >= 15 is 0 Å². The molecule has 14 bridgehead atoms. The van der Waals surface area contributed by atoms with E-state index in [2.05, 4.69) is 0 Å². The molecule has 21 heterocycles. The molecule has 0 aliphatic carbocycles. The van der Waals surface area contributed by atoms with Crippen LogP contribution >= 0.6 is 0 Å². The number of aliphatic hydroxyl groups is 20. The van der Waals surface area contributed by atoms with E-state index in [-0.39, 0.29) is 5.32 Å². The Bertz CT molecular complexity index is 2200. The second-order valence-corrected chi connectivity index (χ2v) is 23.9. The van der Waals surface area contributed by atoms with E-state index in [9.17, 15) is 102 Å². The zero-order valence-electron chi connectivity index (χ0n) is 44.5. The molecule has 0 amide bonds. The van der Waals surface area contributed by atoms with Crippen molar-refractivity contribution >= 4 is 19.4 Å². The van der Waals surface area contributed by atoms with Crippen molar-refractivity contribution in [3.05, 3.63) is 29.8 Å². The van der Waals surface area contributed by atoms with E-state index in [4.69, 9.17) is 66.3 Å². The van der Waals surface area contributed by atoms with Crippen molar-refractivity contribution in [1.29, 1.82) is 0 Å². The minimum atomic E-state index is -2.20. The monoisotopic (exact) mass is 1290 g/mol. The van der Waals surface area contributed by atoms with Crippen molar-refractivity contribution in [2.75, 3.05) is 39.6 Å². The van der Waals surface area contributed by atoms with E-state index in [1.54, 1.807) is 6.07 Å². The Morgan fingerprint density at radius 1 is 0.286 bits per heavy atom. The first kappa shape index (κ1) is 66.8. The van der Waals surface area contributed by atoms with Gasteiger partial charge in [0.1, 0.15) is 61.0 Å². The predicted octanol–water partition coefficient (Wildman–Crippen LogP) is -13.5. The molecule has 1 aromatic rings. The van der Waals surface area contributed by atoms with Gasteiger partial charge in [-0.05, 0) is 0 Å². The van der Waals surface area contributed by atoms with Crippen molar-refractivity contribution in [1.82, 2.24) is 0 Å². The molecule has 35 atom stereocenters. The van der Waals surface area contributed by atoms with Crippen LogP contribution in [0.25, 0.3) is 0 Å². The number of ether oxygens (including phenoxy) is 14. The first-order valence-corrected chi connectivity index (χ1v) is 29.2. The summed E-state index contributed by atoms with van der Waals surface area (Å²) in [4.78, 5) is 0. The molecule has 21 fully saturated rings. The van der Waals surface area contributed by atoms with Gasteiger partial charge in [-0.15, -0.1) is 0 Å². The predicted molar refractivity (Wildman–Crippen MR) is 263 cm³/mol. The molecule has 0 saturated carbocycles. The molecule has 0 radical (unpaired) electrons. The Morgan fingerprint density at radius 3 is 0.690 bits per heavy atom. The van der Waals surface area contributed by atoms with Gasteiger partial charge in [0.2, 0.25) is 0 Å². The summed E-state index contributed by atoms with van der Waals surface area (Å²) in [7, 11) is 0. The Morgan fingerprint density at radius 2 is 0.488 bits per heavy atom. The van der Waals surface area contributed by atoms with Crippen LogP contribution in [0.15, 0.2) is 24.3 Å². The SMILES string of the molecule is Cc1cccc([Se]C[C@H]2O[C@@H]3O[C@H]4[C@H](O)[C@@H](O)[C@@H](O[C@H]5[C@H](O)[C@@H](O)[C@@H](O[C@H]6[C@H](O)[C@@H](O)[C@@H](O[C@H]7[C@@H](O)[C@H](O)[C@@H](O[C@H]8[C@@H](O)[C@H](O)[C@@H](O[C@H]9[C@@H](O)[C@H](O)[C@@H](O[C@H]2[C@H](O)[C@H]3O)O[C@@H]9CO)O[C@@H]8CO)O[C@@H]7CO)O[C@@H]6CO)O[C@H]5CO)O[C@@H]4CO)c1. The minimum absolute atomic E-state index is 0.00528. The molecule has 0 unspecified atom stereocenters. The topological polar surface area (TPSA) is 534 Å². The first-order valence-electron chi connectivity index (χ1n) is 27.1. The Labute approximate surface area is 483 Å². The molecule has 22 rings (SSSR count). The summed E-state index contributed by atoms with van der Waals surface area (Å²) in [6, 6.07) is 7.31. The Kier molecular flexibility index (Phi) is 22.8. The third-order valence-corrected chi connectivity index (χ3v) is 18.3. The molecule has 21 aliphatic rings. The van der Waals surface area contributed by atoms with Crippen molar-refractivity contribution < 1.29 is 168 Å². The zero-order valence-corrected chi connectivity index (χ0v) is 46.2. The van der Waals surface area contributed by atoms with E-state index in [1.165, 1.54) is 0 Å². The number of aliphatic hydroxyl groups excluding tert-OH is 20. The Hall–Kier alpha value is -1.62. The average molecular weight is 1290 g/mol. The van der Waals surface area contributed by atoms with Crippen LogP contribution in [-0.4, -0.2) is 372 Å². The fourth-order valence-corrected chi connectivity index (χ4v) is 13.5. The fraction of sp³-hybridized carbons (Fsp3) is 0.878. The van der Waals surface area contributed by atoms with E-state index in [1.807, 2.05) is 25.1 Å². The summed E-state index contributed by atoms with van der Waals surface area (Å²) in [6.45, 7) is -4.32. The summed E-state index contributed by atoms with van der Waals surface area (Å²) in [6.07, 6.45) is -68.7. The summed E-state index contributed by atoms with van der Waals surface area (Å²) in [5, 5.41) is 224. The quantitative estimate of drug-likeness (QED) is 0.102. The van der Waals surface area contributed by atoms with Gasteiger partial charge in [-0.2, -0.15) is 0 Å². The van der Waals surface area contributed by atoms with Gasteiger partial charge in [-0.3, -0.25) is 0 Å². The number of hydrogen-bond acceptors (Lipinski definition) is 34. The Balaban J connectivity index is 1.02. The summed E-state index contributed by atoms with van der Waals surface area (Å²) in [5.74, 6) is 0. The van der Waals surface area contributed by atoms with Crippen molar-refractivity contribution in [2.45, 2.75) is 227 Å². The number of rotatable bonds is 9. The molecular weight excluding hydrogens is 1210 g/mol. The van der Waals surface area contributed by atoms with Gasteiger partial charge in [0, 0.05) is 0 Å². The van der Waals surface area contributed by atoms with Gasteiger partial charge in [0.05, 0.1) is 26.4 Å². The van der Waals surface area contributed by atoms with Crippen molar-refractivity contribution in [3.63, 3.8) is 0 Å². The van der Waals surface area contributed by atoms with Crippen LogP contribution in [-0.2, 0) is 66.3 Å². The van der Waals surface area contributed by atoms with E-state index < -0.39 is 270 Å². The van der Waals surface area contributed by atoms with E-state index in [0.29, 0.717) is 0 Å². The molecule has 20 N–H and O–H groups in total. The molecule has 21 aliphatic heterocycles. The second-order valence-electron chi connectivity index (χ2n) is 21.6. The summed E-state index contributed by atoms with van der Waals surface area (Å²) < 4.78 is 82.5. The van der Waals surface area contributed by atoms with E-state index in [0.717, 1.165) is 10.0 Å². The van der Waals surface area contributed by atoms with Gasteiger partial charge in [0.25, 0.3) is 0 Å². The number of benzene rings is 1. The zero-order chi connectivity index (χ0) is 60.7. The molecule has 84 heavy (non-hydrogen) atoms. The normalized spacial score (nSPS) is 51.7. The molecule has 21 saturated heterocycles. The molecule has 482 valence electrons. The molecule has 34 nitrogen and oxygen atoms in total. The van der Waals surface area contributed by atoms with Gasteiger partial charge < -0.3 is 84.6 Å². The van der Waals surface area contributed by atoms with Crippen LogP contribution in [0.1, 0.15) is 5.56 Å². The van der Waals surface area contributed by atoms with Crippen molar-refractivity contribution in [3.8, 4) is 0 Å². The maximum absolute atomic E-state index is 11.8. The third-order valence-electron chi connectivity index (χ3n) is 16.0. The fourth-order valence-electron chi connectivity index (χ4n) is 11.3. The van der Waals surface area contributed by atoms with Crippen LogP contribution in [0, 0.1) is 6.92 Å². The molecule has 0 spiro atoms. The maximum atomic E-state index is 11.8. The van der Waals surface area contributed by atoms with Gasteiger partial charge in [-0.1, -0.05) is 0 Å². The standard InChI is InChI=1S/C49H76O34Se/c1-13-3-2-4-14(5-13)84-12-21-42-28(62)35(69)49(76-21)82-41-20(11-55)74-47(33(67)26(41)60)80-39-18(9-53)72-45(31(65)24(39)58)78-37-16(7-51)70-43(29(63)22(37)56)77-36-15(6-50)71-44(30(64)23(36)57)79-38-17(8-52)73-46(32(66)25(38)59)81-40-19(10-54)75-48(83-42)34(68)27(40)61/h2-5,15-69H,6-12H2,1H3/t15-,16-,17-,18+,19-,20-,21-,22-,23+,24-,25+,26-,27+,28-,29-,30+,31-,32+,33-,34+,35-,36-,37-,38-,39-,40-,41-,42-,43-,44-,45-,46-,47-,48-,49-/m1/s1. The van der Waals surface area contributed by atoms with Crippen molar-refractivity contribution in [2.24, 2.45) is 0 Å². The van der Waals surface area contributed by atoms with Crippen LogP contribution < -0.4 is 4.46 Å². The molecular formula is C49H76O34Se. The van der Waals surface area contributed by atoms with Gasteiger partial charge in [0.15, 0.2) is 18.9 Å². The van der Waals surface area contributed by atoms with Gasteiger partial charge in [-0.25, -0.2) is 0 Å². The van der Waals surface area contributed by atoms with Crippen LogP contribution in [0.4, 0.5) is 0 Å². The second kappa shape index (κ2) is 28.7. The third kappa shape index (κ3) is 13.5. The van der Waals surface area contributed by atoms with Crippen LogP contribution in [0.5, 0.6) is 0 Å². The van der Waals surface area contributed by atoms with Gasteiger partial charge >= 0.3 is 294 Å². The number of hydrogen-bond donors (Lipinski definition) is 20. The number of aryl methyl sites for hydroxylation is 1. The molecule has 35 heteroatoms. The summed E-state index contributed by atoms with van der Waals surface area (Å²) in [5.41, 5.74) is 0.889. The molecule has 1 aromatic carbocycles. The molecule has 0 aromatic heterocycles.